The van der Waals surface area contributed by atoms with E-state index in [1.165, 1.54) is 21.7 Å². The van der Waals surface area contributed by atoms with Gasteiger partial charge in [-0.15, -0.1) is 6.42 Å². The lowest BCUT2D eigenvalue weighted by Gasteiger charge is -2.28. The van der Waals surface area contributed by atoms with E-state index >= 15 is 0 Å². The first-order valence-corrected chi connectivity index (χ1v) is 7.24. The third-order valence-corrected chi connectivity index (χ3v) is 4.20. The number of halogens is 2. The summed E-state index contributed by atoms with van der Waals surface area (Å²) in [5.74, 6) is 1.89. The third-order valence-electron chi connectivity index (χ3n) is 3.65. The number of carbonyl (C=O) groups excluding carboxylic acids is 1. The number of carbonyl (C=O) groups is 1. The predicted octanol–water partition coefficient (Wildman–Crippen LogP) is 2.64. The number of terminal acetylenes is 1. The number of aryl methyl sites for hydroxylation is 1. The van der Waals surface area contributed by atoms with Crippen LogP contribution < -0.4 is 9.64 Å². The molecule has 0 radical (unpaired) electrons. The lowest BCUT2D eigenvalue weighted by atomic mass is 10.2. The number of rotatable bonds is 2. The molecule has 0 fully saturated rings. The summed E-state index contributed by atoms with van der Waals surface area (Å²) in [6.45, 7) is 3.39. The Kier molecular flexibility index (Phi) is 3.74. The summed E-state index contributed by atoms with van der Waals surface area (Å²) in [5.41, 5.74) is 1.79. The minimum absolute atomic E-state index is 0.0815. The molecule has 7 heteroatoms. The van der Waals surface area contributed by atoms with Crippen LogP contribution in [0.4, 0.5) is 10.1 Å². The highest BCUT2D eigenvalue weighted by atomic mass is 35.5. The fraction of sp³-hybridized carbons (Fsp3) is 0.250. The van der Waals surface area contributed by atoms with Gasteiger partial charge in [0.1, 0.15) is 11.4 Å². The molecule has 23 heavy (non-hydrogen) atoms. The number of hydrogen-bond acceptors (Lipinski definition) is 3. The lowest BCUT2D eigenvalue weighted by Crippen LogP contribution is -2.39. The average molecular weight is 334 g/mol. The zero-order valence-electron chi connectivity index (χ0n) is 12.6. The molecule has 0 saturated heterocycles. The van der Waals surface area contributed by atoms with Crippen LogP contribution in [0.3, 0.4) is 0 Å². The molecular weight excluding hydrogens is 321 g/mol. The van der Waals surface area contributed by atoms with Gasteiger partial charge in [0.05, 0.1) is 28.6 Å². The molecule has 0 saturated carbocycles. The van der Waals surface area contributed by atoms with Crippen molar-refractivity contribution >= 4 is 23.2 Å². The van der Waals surface area contributed by atoms with E-state index in [0.717, 1.165) is 0 Å². The minimum atomic E-state index is -0.527. The van der Waals surface area contributed by atoms with Crippen LogP contribution in [0.15, 0.2) is 12.1 Å². The van der Waals surface area contributed by atoms with Crippen LogP contribution >= 0.6 is 11.6 Å². The number of nitrogens with zero attached hydrogens (tertiary/aromatic N) is 3. The van der Waals surface area contributed by atoms with Crippen molar-refractivity contribution in [2.24, 2.45) is 0 Å². The van der Waals surface area contributed by atoms with Crippen LogP contribution in [0.1, 0.15) is 11.4 Å². The quantitative estimate of drug-likeness (QED) is 0.794. The van der Waals surface area contributed by atoms with Crippen molar-refractivity contribution < 1.29 is 13.9 Å². The van der Waals surface area contributed by atoms with Gasteiger partial charge in [0, 0.05) is 6.07 Å². The van der Waals surface area contributed by atoms with Crippen molar-refractivity contribution in [2.45, 2.75) is 13.8 Å². The molecule has 1 aliphatic rings. The van der Waals surface area contributed by atoms with Crippen molar-refractivity contribution in [3.63, 3.8) is 0 Å². The summed E-state index contributed by atoms with van der Waals surface area (Å²) >= 11 is 6.12. The normalized spacial score (nSPS) is 13.5. The SMILES string of the molecule is C#CCN1C(=O)COc2cc(F)c(-n3nc(C)c(Cl)c3C)cc21. The van der Waals surface area contributed by atoms with Crippen LogP contribution in [0.5, 0.6) is 5.75 Å². The first-order chi connectivity index (χ1) is 10.9. The molecule has 1 amide bonds. The number of benzene rings is 1. The van der Waals surface area contributed by atoms with E-state index < -0.39 is 5.82 Å². The van der Waals surface area contributed by atoms with Gasteiger partial charge in [0.25, 0.3) is 5.91 Å². The van der Waals surface area contributed by atoms with E-state index in [1.807, 2.05) is 0 Å². The highest BCUT2D eigenvalue weighted by Gasteiger charge is 2.27. The summed E-state index contributed by atoms with van der Waals surface area (Å²) in [7, 11) is 0. The summed E-state index contributed by atoms with van der Waals surface area (Å²) in [6.07, 6.45) is 5.31. The Hall–Kier alpha value is -2.52. The summed E-state index contributed by atoms with van der Waals surface area (Å²) in [6, 6.07) is 2.72. The molecule has 5 nitrogen and oxygen atoms in total. The predicted molar refractivity (Wildman–Crippen MR) is 84.7 cm³/mol. The number of ether oxygens (including phenoxy) is 1. The van der Waals surface area contributed by atoms with Gasteiger partial charge in [0.2, 0.25) is 0 Å². The van der Waals surface area contributed by atoms with Crippen molar-refractivity contribution in [1.82, 2.24) is 9.78 Å². The van der Waals surface area contributed by atoms with Gasteiger partial charge < -0.3 is 4.74 Å². The van der Waals surface area contributed by atoms with Crippen LogP contribution in [0, 0.1) is 32.0 Å². The number of amides is 1. The lowest BCUT2D eigenvalue weighted by molar-refractivity contribution is -0.121. The van der Waals surface area contributed by atoms with E-state index in [-0.39, 0.29) is 30.5 Å². The Balaban J connectivity index is 2.19. The number of aromatic nitrogens is 2. The van der Waals surface area contributed by atoms with Crippen LogP contribution in [0.25, 0.3) is 5.69 Å². The molecule has 2 aromatic rings. The third kappa shape index (κ3) is 2.43. The van der Waals surface area contributed by atoms with Gasteiger partial charge in [-0.2, -0.15) is 5.10 Å². The Morgan fingerprint density at radius 2 is 2.17 bits per heavy atom. The smallest absolute Gasteiger partial charge is 0.265 e. The second-order valence-corrected chi connectivity index (χ2v) is 5.52. The molecule has 0 atom stereocenters. The molecule has 0 spiro atoms. The molecular formula is C16H13ClFN3O2. The zero-order chi connectivity index (χ0) is 16.7. The van der Waals surface area contributed by atoms with Gasteiger partial charge in [0.15, 0.2) is 12.4 Å². The minimum Gasteiger partial charge on any atom is -0.481 e. The molecule has 1 aromatic carbocycles. The second-order valence-electron chi connectivity index (χ2n) is 5.14. The number of fused-ring (bicyclic) bond motifs is 1. The Bertz CT molecular complexity index is 854. The highest BCUT2D eigenvalue weighted by Crippen LogP contribution is 2.36. The number of hydrogen-bond donors (Lipinski definition) is 0. The van der Waals surface area contributed by atoms with Crippen molar-refractivity contribution in [3.05, 3.63) is 34.4 Å². The monoisotopic (exact) mass is 333 g/mol. The molecule has 0 aliphatic carbocycles. The molecule has 0 bridgehead atoms. The molecule has 1 aliphatic heterocycles. The van der Waals surface area contributed by atoms with Gasteiger partial charge >= 0.3 is 0 Å². The summed E-state index contributed by atoms with van der Waals surface area (Å²) < 4.78 is 21.2. The van der Waals surface area contributed by atoms with E-state index in [9.17, 15) is 9.18 Å². The summed E-state index contributed by atoms with van der Waals surface area (Å²) in [5, 5.41) is 4.71. The van der Waals surface area contributed by atoms with Crippen molar-refractivity contribution in [2.75, 3.05) is 18.1 Å². The van der Waals surface area contributed by atoms with Gasteiger partial charge in [-0.3, -0.25) is 9.69 Å². The Labute approximate surface area is 137 Å². The second kappa shape index (κ2) is 5.60. The topological polar surface area (TPSA) is 47.4 Å². The largest absolute Gasteiger partial charge is 0.481 e. The first kappa shape index (κ1) is 15.4. The molecule has 118 valence electrons. The van der Waals surface area contributed by atoms with Crippen LogP contribution in [-0.4, -0.2) is 28.8 Å². The molecule has 1 aromatic heterocycles. The van der Waals surface area contributed by atoms with Gasteiger partial charge in [-0.25, -0.2) is 9.07 Å². The van der Waals surface area contributed by atoms with Gasteiger partial charge in [-0.05, 0) is 19.9 Å². The van der Waals surface area contributed by atoms with E-state index in [2.05, 4.69) is 11.0 Å². The fourth-order valence-electron chi connectivity index (χ4n) is 2.50. The van der Waals surface area contributed by atoms with E-state index in [1.54, 1.807) is 13.8 Å². The standard InChI is InChI=1S/C16H13ClFN3O2/c1-4-5-20-13-7-12(21-10(3)16(17)9(2)19-21)11(18)6-14(13)23-8-15(20)22/h1,6-7H,5,8H2,2-3H3. The van der Waals surface area contributed by atoms with E-state index in [4.69, 9.17) is 22.8 Å². The Morgan fingerprint density at radius 1 is 1.43 bits per heavy atom. The maximum atomic E-state index is 14.5. The molecule has 0 N–H and O–H groups in total. The molecule has 3 rings (SSSR count). The fourth-order valence-corrected chi connectivity index (χ4v) is 2.61. The van der Waals surface area contributed by atoms with Crippen LogP contribution in [0.2, 0.25) is 5.02 Å². The Morgan fingerprint density at radius 3 is 2.78 bits per heavy atom. The maximum absolute atomic E-state index is 14.5. The summed E-state index contributed by atoms with van der Waals surface area (Å²) in [4.78, 5) is 13.4. The average Bonchev–Trinajstić information content (AvgIpc) is 2.77. The highest BCUT2D eigenvalue weighted by molar-refractivity contribution is 6.31. The zero-order valence-corrected chi connectivity index (χ0v) is 13.3. The maximum Gasteiger partial charge on any atom is 0.265 e. The van der Waals surface area contributed by atoms with E-state index in [0.29, 0.717) is 22.1 Å². The molecule has 0 unspecified atom stereocenters. The van der Waals surface area contributed by atoms with Crippen molar-refractivity contribution in [1.29, 1.82) is 0 Å². The number of anilines is 1. The first-order valence-electron chi connectivity index (χ1n) is 6.86. The van der Waals surface area contributed by atoms with Crippen molar-refractivity contribution in [3.8, 4) is 23.8 Å². The molecule has 2 heterocycles. The van der Waals surface area contributed by atoms with Crippen LogP contribution in [-0.2, 0) is 4.79 Å². The van der Waals surface area contributed by atoms with Gasteiger partial charge in [-0.1, -0.05) is 17.5 Å².